The molecule has 1 aromatic carbocycles. The fraction of sp³-hybridized carbons (Fsp3) is 0.778. The van der Waals surface area contributed by atoms with Crippen LogP contribution < -0.4 is 4.90 Å². The number of nitrogens with zero attached hydrogens (tertiary/aromatic N) is 3. The predicted molar refractivity (Wildman–Crippen MR) is 129 cm³/mol. The molecule has 3 aliphatic rings. The van der Waals surface area contributed by atoms with Crippen LogP contribution in [0.2, 0.25) is 0 Å². The molecule has 168 valence electrons. The number of likely N-dealkylation sites (N-methyl/N-ethyl adjacent to an activating group) is 1. The molecule has 1 saturated carbocycles. The van der Waals surface area contributed by atoms with E-state index in [4.69, 9.17) is 0 Å². The second-order valence-electron chi connectivity index (χ2n) is 10.7. The molecule has 0 unspecified atom stereocenters. The lowest BCUT2D eigenvalue weighted by atomic mass is 9.80. The second kappa shape index (κ2) is 11.0. The van der Waals surface area contributed by atoms with Crippen molar-refractivity contribution in [2.45, 2.75) is 71.3 Å². The number of piperazine rings is 1. The van der Waals surface area contributed by atoms with Crippen LogP contribution in [0.25, 0.3) is 0 Å². The summed E-state index contributed by atoms with van der Waals surface area (Å²) in [5.74, 6) is 3.01. The first-order chi connectivity index (χ1) is 14.7. The molecule has 0 spiro atoms. The number of rotatable bonds is 7. The Morgan fingerprint density at radius 1 is 0.733 bits per heavy atom. The highest BCUT2D eigenvalue weighted by molar-refractivity contribution is 5.48. The predicted octanol–water partition coefficient (Wildman–Crippen LogP) is 5.65. The highest BCUT2D eigenvalue weighted by atomic mass is 15.2. The number of hydrogen-bond donors (Lipinski definition) is 0. The van der Waals surface area contributed by atoms with Crippen molar-refractivity contribution in [1.82, 2.24) is 9.80 Å². The molecule has 0 atom stereocenters. The van der Waals surface area contributed by atoms with Crippen LogP contribution in [0.4, 0.5) is 5.69 Å². The van der Waals surface area contributed by atoms with E-state index in [9.17, 15) is 0 Å². The molecule has 0 aromatic heterocycles. The van der Waals surface area contributed by atoms with E-state index in [1.54, 1.807) is 0 Å². The quantitative estimate of drug-likeness (QED) is 0.574. The van der Waals surface area contributed by atoms with Gasteiger partial charge in [-0.15, -0.1) is 0 Å². The summed E-state index contributed by atoms with van der Waals surface area (Å²) in [6, 6.07) is 9.47. The minimum absolute atomic E-state index is 0.972. The van der Waals surface area contributed by atoms with Gasteiger partial charge in [-0.25, -0.2) is 0 Å². The third kappa shape index (κ3) is 6.47. The van der Waals surface area contributed by atoms with E-state index in [0.29, 0.717) is 0 Å². The fourth-order valence-electron chi connectivity index (χ4n) is 5.87. The Bertz CT molecular complexity index is 604. The van der Waals surface area contributed by atoms with Crippen molar-refractivity contribution < 1.29 is 0 Å². The van der Waals surface area contributed by atoms with Crippen LogP contribution >= 0.6 is 0 Å². The molecule has 1 aliphatic carbocycles. The van der Waals surface area contributed by atoms with Gasteiger partial charge in [-0.2, -0.15) is 0 Å². The Balaban J connectivity index is 1.14. The van der Waals surface area contributed by atoms with Gasteiger partial charge in [-0.05, 0) is 55.3 Å². The molecule has 30 heavy (non-hydrogen) atoms. The van der Waals surface area contributed by atoms with E-state index in [2.05, 4.69) is 52.9 Å². The lowest BCUT2D eigenvalue weighted by molar-refractivity contribution is 0.148. The van der Waals surface area contributed by atoms with E-state index in [1.807, 2.05) is 0 Å². The number of anilines is 1. The van der Waals surface area contributed by atoms with Crippen LogP contribution in [0.5, 0.6) is 0 Å². The Morgan fingerprint density at radius 2 is 1.33 bits per heavy atom. The summed E-state index contributed by atoms with van der Waals surface area (Å²) in [4.78, 5) is 7.65. The van der Waals surface area contributed by atoms with Crippen LogP contribution in [0.15, 0.2) is 24.3 Å². The average molecular weight is 412 g/mol. The Kier molecular flexibility index (Phi) is 8.12. The first-order valence-corrected chi connectivity index (χ1v) is 12.9. The molecular formula is C27H45N3. The van der Waals surface area contributed by atoms with Crippen LogP contribution in [-0.4, -0.2) is 56.1 Å². The summed E-state index contributed by atoms with van der Waals surface area (Å²) in [5, 5.41) is 0. The van der Waals surface area contributed by atoms with Crippen molar-refractivity contribution in [3.05, 3.63) is 29.8 Å². The highest BCUT2D eigenvalue weighted by Crippen LogP contribution is 2.33. The molecule has 0 N–H and O–H groups in total. The van der Waals surface area contributed by atoms with Gasteiger partial charge in [-0.1, -0.05) is 64.0 Å². The molecule has 3 fully saturated rings. The third-order valence-corrected chi connectivity index (χ3v) is 8.28. The van der Waals surface area contributed by atoms with Gasteiger partial charge >= 0.3 is 0 Å². The first-order valence-electron chi connectivity index (χ1n) is 12.9. The van der Waals surface area contributed by atoms with Crippen molar-refractivity contribution in [3.63, 3.8) is 0 Å². The molecule has 3 nitrogen and oxygen atoms in total. The van der Waals surface area contributed by atoms with Crippen molar-refractivity contribution in [2.75, 3.05) is 51.2 Å². The summed E-state index contributed by atoms with van der Waals surface area (Å²) in [6.07, 6.45) is 13.2. The Labute approximate surface area is 185 Å². The van der Waals surface area contributed by atoms with E-state index in [-0.39, 0.29) is 0 Å². The number of hydrogen-bond acceptors (Lipinski definition) is 3. The maximum Gasteiger partial charge on any atom is 0.0366 e. The molecule has 2 heterocycles. The maximum atomic E-state index is 2.62. The van der Waals surface area contributed by atoms with Gasteiger partial charge in [0, 0.05) is 51.5 Å². The summed E-state index contributed by atoms with van der Waals surface area (Å²) < 4.78 is 0. The molecule has 1 aromatic rings. The zero-order chi connectivity index (χ0) is 20.8. The zero-order valence-electron chi connectivity index (χ0n) is 19.7. The molecular weight excluding hydrogens is 366 g/mol. The molecule has 0 amide bonds. The van der Waals surface area contributed by atoms with Crippen LogP contribution in [0.1, 0.15) is 70.3 Å². The number of piperidine rings is 1. The maximum absolute atomic E-state index is 2.62. The van der Waals surface area contributed by atoms with Gasteiger partial charge in [0.2, 0.25) is 0 Å². The standard InChI is InChI=1S/C27H45N3/c1-23-6-8-24(9-7-23)4-3-5-25-14-16-30(17-15-25)27-12-10-26(11-13-27)22-29-20-18-28(2)19-21-29/h10-13,23-25H,3-9,14-22H2,1-2H3. The Hall–Kier alpha value is -1.06. The second-order valence-corrected chi connectivity index (χ2v) is 10.7. The van der Waals surface area contributed by atoms with E-state index in [1.165, 1.54) is 108 Å². The smallest absolute Gasteiger partial charge is 0.0366 e. The van der Waals surface area contributed by atoms with E-state index >= 15 is 0 Å². The topological polar surface area (TPSA) is 9.72 Å². The minimum Gasteiger partial charge on any atom is -0.372 e. The van der Waals surface area contributed by atoms with Gasteiger partial charge in [0.15, 0.2) is 0 Å². The van der Waals surface area contributed by atoms with Gasteiger partial charge in [0.25, 0.3) is 0 Å². The molecule has 3 heteroatoms. The molecule has 2 aliphatic heterocycles. The molecule has 0 bridgehead atoms. The van der Waals surface area contributed by atoms with Crippen molar-refractivity contribution in [2.24, 2.45) is 17.8 Å². The lowest BCUT2D eigenvalue weighted by Gasteiger charge is -2.34. The van der Waals surface area contributed by atoms with Crippen molar-refractivity contribution in [3.8, 4) is 0 Å². The molecule has 2 saturated heterocycles. The first kappa shape index (κ1) is 22.1. The largest absolute Gasteiger partial charge is 0.372 e. The SMILES string of the molecule is CC1CCC(CCCC2CCN(c3ccc(CN4CCN(C)CC4)cc3)CC2)CC1. The van der Waals surface area contributed by atoms with E-state index in [0.717, 1.165) is 24.3 Å². The summed E-state index contributed by atoms with van der Waals surface area (Å²) in [5.41, 5.74) is 2.90. The average Bonchev–Trinajstić information content (AvgIpc) is 2.78. The number of benzene rings is 1. The summed E-state index contributed by atoms with van der Waals surface area (Å²) in [7, 11) is 2.23. The van der Waals surface area contributed by atoms with Gasteiger partial charge in [-0.3, -0.25) is 4.90 Å². The van der Waals surface area contributed by atoms with Crippen molar-refractivity contribution >= 4 is 5.69 Å². The fourth-order valence-corrected chi connectivity index (χ4v) is 5.87. The van der Waals surface area contributed by atoms with Gasteiger partial charge < -0.3 is 9.80 Å². The zero-order valence-corrected chi connectivity index (χ0v) is 19.7. The van der Waals surface area contributed by atoms with Crippen LogP contribution in [0.3, 0.4) is 0 Å². The van der Waals surface area contributed by atoms with Crippen molar-refractivity contribution in [1.29, 1.82) is 0 Å². The third-order valence-electron chi connectivity index (χ3n) is 8.28. The molecule has 0 radical (unpaired) electrons. The highest BCUT2D eigenvalue weighted by Gasteiger charge is 2.22. The summed E-state index contributed by atoms with van der Waals surface area (Å²) in [6.45, 7) is 10.9. The van der Waals surface area contributed by atoms with Crippen LogP contribution in [-0.2, 0) is 6.54 Å². The van der Waals surface area contributed by atoms with Gasteiger partial charge in [0.05, 0.1) is 0 Å². The van der Waals surface area contributed by atoms with E-state index < -0.39 is 0 Å². The monoisotopic (exact) mass is 411 g/mol. The molecule has 4 rings (SSSR count). The van der Waals surface area contributed by atoms with Crippen LogP contribution in [0, 0.1) is 17.8 Å². The van der Waals surface area contributed by atoms with Gasteiger partial charge in [0.1, 0.15) is 0 Å². The lowest BCUT2D eigenvalue weighted by Crippen LogP contribution is -2.43. The normalized spacial score (nSPS) is 27.5. The minimum atomic E-state index is 0.972. The summed E-state index contributed by atoms with van der Waals surface area (Å²) >= 11 is 0. The Morgan fingerprint density at radius 3 is 1.97 bits per heavy atom.